The van der Waals surface area contributed by atoms with Gasteiger partial charge in [0.2, 0.25) is 5.91 Å². The van der Waals surface area contributed by atoms with E-state index in [2.05, 4.69) is 20.8 Å². The SMILES string of the molecule is O=C(CNC1CCCC1)NCc1cn[nH]c1. The number of carbonyl (C=O) groups excluding carboxylic acids is 1. The fourth-order valence-electron chi connectivity index (χ4n) is 2.00. The summed E-state index contributed by atoms with van der Waals surface area (Å²) in [6, 6.07) is 0.541. The number of carbonyl (C=O) groups is 1. The molecule has 1 heterocycles. The molecule has 3 N–H and O–H groups in total. The number of amides is 1. The molecule has 5 heteroatoms. The molecular weight excluding hydrogens is 204 g/mol. The Bertz CT molecular complexity index is 317. The third-order valence-electron chi connectivity index (χ3n) is 2.95. The van der Waals surface area contributed by atoms with E-state index in [9.17, 15) is 4.79 Å². The zero-order valence-electron chi connectivity index (χ0n) is 9.33. The number of hydrogen-bond donors (Lipinski definition) is 3. The van der Waals surface area contributed by atoms with Gasteiger partial charge in [-0.05, 0) is 12.8 Å². The Hall–Kier alpha value is -1.36. The van der Waals surface area contributed by atoms with Gasteiger partial charge in [0.05, 0.1) is 12.7 Å². The number of nitrogens with zero attached hydrogens (tertiary/aromatic N) is 1. The van der Waals surface area contributed by atoms with Crippen molar-refractivity contribution in [3.8, 4) is 0 Å². The maximum atomic E-state index is 11.5. The third-order valence-corrected chi connectivity index (χ3v) is 2.95. The van der Waals surface area contributed by atoms with Crippen molar-refractivity contribution < 1.29 is 4.79 Å². The standard InChI is InChI=1S/C11H18N4O/c16-11(8-12-10-3-1-2-4-10)13-5-9-6-14-15-7-9/h6-7,10,12H,1-5,8H2,(H,13,16)(H,14,15). The summed E-state index contributed by atoms with van der Waals surface area (Å²) in [5, 5.41) is 12.7. The Kier molecular flexibility index (Phi) is 3.93. The molecule has 0 atom stereocenters. The number of hydrogen-bond acceptors (Lipinski definition) is 3. The van der Waals surface area contributed by atoms with Gasteiger partial charge in [0.25, 0.3) is 0 Å². The zero-order valence-corrected chi connectivity index (χ0v) is 9.33. The van der Waals surface area contributed by atoms with Crippen LogP contribution in [0.2, 0.25) is 0 Å². The van der Waals surface area contributed by atoms with Crippen molar-refractivity contribution in [2.45, 2.75) is 38.3 Å². The first-order valence-electron chi connectivity index (χ1n) is 5.82. The summed E-state index contributed by atoms with van der Waals surface area (Å²) in [4.78, 5) is 11.5. The van der Waals surface area contributed by atoms with Crippen molar-refractivity contribution in [2.24, 2.45) is 0 Å². The van der Waals surface area contributed by atoms with Gasteiger partial charge in [0, 0.05) is 24.3 Å². The van der Waals surface area contributed by atoms with Gasteiger partial charge in [-0.3, -0.25) is 9.89 Å². The average Bonchev–Trinajstić information content (AvgIpc) is 2.96. The molecule has 5 nitrogen and oxygen atoms in total. The fraction of sp³-hybridized carbons (Fsp3) is 0.636. The number of aromatic amines is 1. The Labute approximate surface area is 95.0 Å². The first-order chi connectivity index (χ1) is 7.84. The normalized spacial score (nSPS) is 16.5. The second-order valence-electron chi connectivity index (χ2n) is 4.25. The van der Waals surface area contributed by atoms with E-state index in [4.69, 9.17) is 0 Å². The van der Waals surface area contributed by atoms with Gasteiger partial charge < -0.3 is 10.6 Å². The van der Waals surface area contributed by atoms with E-state index in [1.165, 1.54) is 25.7 Å². The molecule has 16 heavy (non-hydrogen) atoms. The molecule has 1 saturated carbocycles. The molecule has 0 spiro atoms. The van der Waals surface area contributed by atoms with Crippen LogP contribution in [0, 0.1) is 0 Å². The lowest BCUT2D eigenvalue weighted by Gasteiger charge is -2.11. The minimum Gasteiger partial charge on any atom is -0.351 e. The monoisotopic (exact) mass is 222 g/mol. The second kappa shape index (κ2) is 5.65. The number of nitrogens with one attached hydrogen (secondary N) is 3. The molecule has 1 aliphatic rings. The molecule has 1 aromatic rings. The van der Waals surface area contributed by atoms with Crippen molar-refractivity contribution in [3.05, 3.63) is 18.0 Å². The van der Waals surface area contributed by atoms with E-state index >= 15 is 0 Å². The largest absolute Gasteiger partial charge is 0.351 e. The van der Waals surface area contributed by atoms with Crippen molar-refractivity contribution >= 4 is 5.91 Å². The summed E-state index contributed by atoms with van der Waals surface area (Å²) in [5.41, 5.74) is 0.995. The van der Waals surface area contributed by atoms with Gasteiger partial charge in [-0.2, -0.15) is 5.10 Å². The summed E-state index contributed by atoms with van der Waals surface area (Å²) in [6.45, 7) is 0.962. The molecule has 2 rings (SSSR count). The number of rotatable bonds is 5. The highest BCUT2D eigenvalue weighted by atomic mass is 16.1. The highest BCUT2D eigenvalue weighted by Crippen LogP contribution is 2.17. The van der Waals surface area contributed by atoms with E-state index in [-0.39, 0.29) is 5.91 Å². The summed E-state index contributed by atoms with van der Waals surface area (Å²) < 4.78 is 0. The van der Waals surface area contributed by atoms with Gasteiger partial charge in [0.1, 0.15) is 0 Å². The molecule has 1 aromatic heterocycles. The molecule has 0 aromatic carbocycles. The van der Waals surface area contributed by atoms with Crippen LogP contribution in [-0.2, 0) is 11.3 Å². The van der Waals surface area contributed by atoms with E-state index in [1.807, 2.05) is 0 Å². The van der Waals surface area contributed by atoms with E-state index in [0.717, 1.165) is 5.56 Å². The van der Waals surface area contributed by atoms with Crippen molar-refractivity contribution in [1.29, 1.82) is 0 Å². The molecule has 0 radical (unpaired) electrons. The summed E-state index contributed by atoms with van der Waals surface area (Å²) in [6.07, 6.45) is 8.47. The summed E-state index contributed by atoms with van der Waals surface area (Å²) in [5.74, 6) is 0.0492. The lowest BCUT2D eigenvalue weighted by molar-refractivity contribution is -0.120. The summed E-state index contributed by atoms with van der Waals surface area (Å²) in [7, 11) is 0. The van der Waals surface area contributed by atoms with Crippen LogP contribution in [0.5, 0.6) is 0 Å². The van der Waals surface area contributed by atoms with Gasteiger partial charge in [-0.15, -0.1) is 0 Å². The van der Waals surface area contributed by atoms with E-state index in [0.29, 0.717) is 19.1 Å². The van der Waals surface area contributed by atoms with Gasteiger partial charge in [-0.1, -0.05) is 12.8 Å². The van der Waals surface area contributed by atoms with Crippen LogP contribution in [0.25, 0.3) is 0 Å². The van der Waals surface area contributed by atoms with Crippen molar-refractivity contribution in [3.63, 3.8) is 0 Å². The van der Waals surface area contributed by atoms with Crippen molar-refractivity contribution in [1.82, 2.24) is 20.8 Å². The first-order valence-corrected chi connectivity index (χ1v) is 5.82. The molecule has 1 aliphatic carbocycles. The molecule has 1 fully saturated rings. The smallest absolute Gasteiger partial charge is 0.234 e. The van der Waals surface area contributed by atoms with Crippen molar-refractivity contribution in [2.75, 3.05) is 6.54 Å². The first kappa shape index (κ1) is 11.1. The quantitative estimate of drug-likeness (QED) is 0.681. The summed E-state index contributed by atoms with van der Waals surface area (Å²) >= 11 is 0. The molecule has 88 valence electrons. The van der Waals surface area contributed by atoms with Gasteiger partial charge >= 0.3 is 0 Å². The fourth-order valence-corrected chi connectivity index (χ4v) is 2.00. The molecular formula is C11H18N4O. The number of aromatic nitrogens is 2. The Balaban J connectivity index is 1.60. The third kappa shape index (κ3) is 3.34. The second-order valence-corrected chi connectivity index (χ2v) is 4.25. The van der Waals surface area contributed by atoms with Crippen LogP contribution in [0.1, 0.15) is 31.2 Å². The van der Waals surface area contributed by atoms with Crippen LogP contribution >= 0.6 is 0 Å². The van der Waals surface area contributed by atoms with Crippen LogP contribution in [0.15, 0.2) is 12.4 Å². The minimum atomic E-state index is 0.0492. The van der Waals surface area contributed by atoms with Crippen LogP contribution in [0.3, 0.4) is 0 Å². The van der Waals surface area contributed by atoms with E-state index < -0.39 is 0 Å². The molecule has 0 bridgehead atoms. The van der Waals surface area contributed by atoms with Gasteiger partial charge in [0.15, 0.2) is 0 Å². The van der Waals surface area contributed by atoms with Crippen LogP contribution in [0.4, 0.5) is 0 Å². The number of H-pyrrole nitrogens is 1. The molecule has 0 aliphatic heterocycles. The molecule has 0 saturated heterocycles. The highest BCUT2D eigenvalue weighted by Gasteiger charge is 2.14. The Morgan fingerprint density at radius 1 is 1.50 bits per heavy atom. The molecule has 0 unspecified atom stereocenters. The topological polar surface area (TPSA) is 69.8 Å². The van der Waals surface area contributed by atoms with E-state index in [1.54, 1.807) is 12.4 Å². The zero-order chi connectivity index (χ0) is 11.2. The Morgan fingerprint density at radius 2 is 2.31 bits per heavy atom. The predicted molar refractivity (Wildman–Crippen MR) is 60.7 cm³/mol. The Morgan fingerprint density at radius 3 is 3.00 bits per heavy atom. The van der Waals surface area contributed by atoms with Crippen LogP contribution in [-0.4, -0.2) is 28.7 Å². The van der Waals surface area contributed by atoms with Gasteiger partial charge in [-0.25, -0.2) is 0 Å². The maximum absolute atomic E-state index is 11.5. The lowest BCUT2D eigenvalue weighted by atomic mass is 10.2. The molecule has 1 amide bonds. The van der Waals surface area contributed by atoms with Crippen LogP contribution < -0.4 is 10.6 Å². The predicted octanol–water partition coefficient (Wildman–Crippen LogP) is 0.558. The minimum absolute atomic E-state index is 0.0492. The average molecular weight is 222 g/mol. The lowest BCUT2D eigenvalue weighted by Crippen LogP contribution is -2.37. The highest BCUT2D eigenvalue weighted by molar-refractivity contribution is 5.77. The maximum Gasteiger partial charge on any atom is 0.234 e.